The highest BCUT2D eigenvalue weighted by atomic mass is 16.4. The van der Waals surface area contributed by atoms with Crippen LogP contribution in [0, 0.1) is 0 Å². The Kier molecular flexibility index (Phi) is 5.65. The zero-order valence-electron chi connectivity index (χ0n) is 7.15. The van der Waals surface area contributed by atoms with E-state index >= 15 is 0 Å². The van der Waals surface area contributed by atoms with Crippen molar-refractivity contribution >= 4 is 6.29 Å². The van der Waals surface area contributed by atoms with Gasteiger partial charge in [0.25, 0.3) is 0 Å². The summed E-state index contributed by atoms with van der Waals surface area (Å²) in [6.45, 7) is 0. The normalized spacial score (nSPS) is 8.17. The van der Waals surface area contributed by atoms with Crippen molar-refractivity contribution in [1.29, 1.82) is 0 Å². The van der Waals surface area contributed by atoms with Crippen LogP contribution in [0.3, 0.4) is 0 Å². The fourth-order valence-corrected chi connectivity index (χ4v) is 0.598. The molecule has 0 unspecified atom stereocenters. The fourth-order valence-electron chi connectivity index (χ4n) is 0.598. The highest BCUT2D eigenvalue weighted by Gasteiger charge is 1.88. The van der Waals surface area contributed by atoms with E-state index in [4.69, 9.17) is 5.11 Å². The number of ether oxygens (including phenoxy) is 1. The van der Waals surface area contributed by atoms with Gasteiger partial charge < -0.3 is 9.84 Å². The number of rotatable bonds is 1. The molecule has 0 aliphatic carbocycles. The van der Waals surface area contributed by atoms with Crippen molar-refractivity contribution in [3.8, 4) is 5.75 Å². The summed E-state index contributed by atoms with van der Waals surface area (Å²) < 4.78 is 4.25. The first-order valence-electron chi connectivity index (χ1n) is 3.39. The zero-order chi connectivity index (χ0) is 9.40. The molecule has 0 fully saturated rings. The molecular weight excluding hydrogens is 156 g/mol. The summed E-state index contributed by atoms with van der Waals surface area (Å²) in [4.78, 5) is 10.0. The van der Waals surface area contributed by atoms with E-state index in [9.17, 15) is 4.79 Å². The summed E-state index contributed by atoms with van der Waals surface area (Å²) >= 11 is 0. The second-order valence-electron chi connectivity index (χ2n) is 2.12. The van der Waals surface area contributed by atoms with E-state index in [2.05, 4.69) is 4.74 Å². The molecule has 0 saturated heterocycles. The van der Waals surface area contributed by atoms with Crippen molar-refractivity contribution in [1.82, 2.24) is 0 Å². The molecular formula is C9H12O3. The van der Waals surface area contributed by atoms with E-state index in [1.807, 2.05) is 0 Å². The summed E-state index contributed by atoms with van der Waals surface area (Å²) in [6, 6.07) is 6.19. The maximum Gasteiger partial charge on any atom is 0.150 e. The molecule has 0 heterocycles. The minimum absolute atomic E-state index is 0.125. The number of aromatic hydroxyl groups is 1. The van der Waals surface area contributed by atoms with Crippen LogP contribution >= 0.6 is 0 Å². The Morgan fingerprint density at radius 2 is 2.00 bits per heavy atom. The topological polar surface area (TPSA) is 46.5 Å². The lowest BCUT2D eigenvalue weighted by molar-refractivity contribution is 0.112. The molecule has 3 heteroatoms. The molecule has 3 nitrogen and oxygen atoms in total. The maximum atomic E-state index is 10.0. The largest absolute Gasteiger partial charge is 0.508 e. The molecule has 0 amide bonds. The van der Waals surface area contributed by atoms with Gasteiger partial charge in [-0.3, -0.25) is 4.79 Å². The van der Waals surface area contributed by atoms with Gasteiger partial charge in [0, 0.05) is 19.8 Å². The molecule has 0 saturated carbocycles. The number of aldehydes is 1. The number of phenols is 1. The number of hydrogen-bond donors (Lipinski definition) is 1. The first-order chi connectivity index (χ1) is 5.74. The number of hydrogen-bond acceptors (Lipinski definition) is 3. The lowest BCUT2D eigenvalue weighted by Gasteiger charge is -1.89. The van der Waals surface area contributed by atoms with Gasteiger partial charge in [-0.1, -0.05) is 12.1 Å². The molecule has 0 spiro atoms. The first kappa shape index (κ1) is 10.7. The van der Waals surface area contributed by atoms with Gasteiger partial charge in [-0.05, 0) is 12.1 Å². The quantitative estimate of drug-likeness (QED) is 0.646. The van der Waals surface area contributed by atoms with Crippen LogP contribution in [0.2, 0.25) is 0 Å². The number of methoxy groups -OCH3 is 1. The van der Waals surface area contributed by atoms with Crippen LogP contribution in [-0.4, -0.2) is 25.6 Å². The van der Waals surface area contributed by atoms with Crippen molar-refractivity contribution in [3.05, 3.63) is 29.8 Å². The van der Waals surface area contributed by atoms with E-state index in [-0.39, 0.29) is 5.75 Å². The Morgan fingerprint density at radius 3 is 2.33 bits per heavy atom. The Labute approximate surface area is 71.6 Å². The van der Waals surface area contributed by atoms with Crippen molar-refractivity contribution in [2.45, 2.75) is 0 Å². The average molecular weight is 168 g/mol. The minimum atomic E-state index is 0.125. The predicted molar refractivity (Wildman–Crippen MR) is 46.4 cm³/mol. The van der Waals surface area contributed by atoms with Crippen LogP contribution < -0.4 is 0 Å². The molecule has 0 aliphatic heterocycles. The van der Waals surface area contributed by atoms with Gasteiger partial charge in [0.15, 0.2) is 0 Å². The molecule has 0 bridgehead atoms. The SMILES string of the molecule is COC.O=Cc1cccc(O)c1. The predicted octanol–water partition coefficient (Wildman–Crippen LogP) is 1.47. The monoisotopic (exact) mass is 168 g/mol. The van der Waals surface area contributed by atoms with Crippen molar-refractivity contribution in [3.63, 3.8) is 0 Å². The standard InChI is InChI=1S/C7H6O2.C2H6O/c8-5-6-2-1-3-7(9)4-6;1-3-2/h1-5,9H;1-2H3. The second-order valence-corrected chi connectivity index (χ2v) is 2.12. The van der Waals surface area contributed by atoms with Crippen molar-refractivity contribution in [2.24, 2.45) is 0 Å². The third-order valence-corrected chi connectivity index (χ3v) is 1.01. The molecule has 1 aromatic rings. The molecule has 1 rings (SSSR count). The van der Waals surface area contributed by atoms with Gasteiger partial charge in [0.2, 0.25) is 0 Å². The average Bonchev–Trinajstić information content (AvgIpc) is 2.06. The lowest BCUT2D eigenvalue weighted by Crippen LogP contribution is -1.75. The lowest BCUT2D eigenvalue weighted by atomic mass is 10.2. The number of carbonyl (C=O) groups excluding carboxylic acids is 1. The molecule has 0 radical (unpaired) electrons. The molecule has 1 aromatic carbocycles. The number of carbonyl (C=O) groups is 1. The maximum absolute atomic E-state index is 10.0. The highest BCUT2D eigenvalue weighted by Crippen LogP contribution is 2.07. The minimum Gasteiger partial charge on any atom is -0.508 e. The van der Waals surface area contributed by atoms with Crippen molar-refractivity contribution in [2.75, 3.05) is 14.2 Å². The Hall–Kier alpha value is -1.35. The third kappa shape index (κ3) is 4.46. The van der Waals surface area contributed by atoms with Crippen LogP contribution in [0.25, 0.3) is 0 Å². The van der Waals surface area contributed by atoms with Gasteiger partial charge in [-0.15, -0.1) is 0 Å². The van der Waals surface area contributed by atoms with Gasteiger partial charge in [0.1, 0.15) is 12.0 Å². The van der Waals surface area contributed by atoms with Crippen LogP contribution in [0.4, 0.5) is 0 Å². The van der Waals surface area contributed by atoms with E-state index in [1.54, 1.807) is 26.4 Å². The molecule has 1 N–H and O–H groups in total. The summed E-state index contributed by atoms with van der Waals surface area (Å²) in [6.07, 6.45) is 0.694. The molecule has 66 valence electrons. The Bertz CT molecular complexity index is 233. The fraction of sp³-hybridized carbons (Fsp3) is 0.222. The highest BCUT2D eigenvalue weighted by molar-refractivity contribution is 5.75. The van der Waals surface area contributed by atoms with Crippen molar-refractivity contribution < 1.29 is 14.6 Å². The van der Waals surface area contributed by atoms with E-state index in [0.717, 1.165) is 0 Å². The Morgan fingerprint density at radius 1 is 1.42 bits per heavy atom. The smallest absolute Gasteiger partial charge is 0.150 e. The number of benzene rings is 1. The molecule has 0 aliphatic rings. The molecule has 0 aromatic heterocycles. The van der Waals surface area contributed by atoms with Crippen LogP contribution in [0.1, 0.15) is 10.4 Å². The first-order valence-corrected chi connectivity index (χ1v) is 3.39. The summed E-state index contributed by atoms with van der Waals surface area (Å²) in [7, 11) is 3.25. The summed E-state index contributed by atoms with van der Waals surface area (Å²) in [5.74, 6) is 0.125. The zero-order valence-corrected chi connectivity index (χ0v) is 7.15. The van der Waals surface area contributed by atoms with E-state index < -0.39 is 0 Å². The van der Waals surface area contributed by atoms with E-state index in [1.165, 1.54) is 12.1 Å². The Balaban J connectivity index is 0.000000354. The van der Waals surface area contributed by atoms with Gasteiger partial charge in [0.05, 0.1) is 0 Å². The van der Waals surface area contributed by atoms with E-state index in [0.29, 0.717) is 11.8 Å². The summed E-state index contributed by atoms with van der Waals surface area (Å²) in [5, 5.41) is 8.79. The molecule has 12 heavy (non-hydrogen) atoms. The third-order valence-electron chi connectivity index (χ3n) is 1.01. The molecule has 0 atom stereocenters. The van der Waals surface area contributed by atoms with Gasteiger partial charge in [-0.25, -0.2) is 0 Å². The van der Waals surface area contributed by atoms with Gasteiger partial charge >= 0.3 is 0 Å². The number of phenolic OH excluding ortho intramolecular Hbond substituents is 1. The second kappa shape index (κ2) is 6.37. The van der Waals surface area contributed by atoms with Crippen LogP contribution in [0.15, 0.2) is 24.3 Å². The summed E-state index contributed by atoms with van der Waals surface area (Å²) in [5.41, 5.74) is 0.495. The van der Waals surface area contributed by atoms with Crippen LogP contribution in [-0.2, 0) is 4.74 Å². The van der Waals surface area contributed by atoms with Gasteiger partial charge in [-0.2, -0.15) is 0 Å². The van der Waals surface area contributed by atoms with Crippen LogP contribution in [0.5, 0.6) is 5.75 Å².